The molecule has 0 bridgehead atoms. The smallest absolute Gasteiger partial charge is 0.00462 e. The third-order valence-corrected chi connectivity index (χ3v) is 3.47. The SMILES string of the molecule is CC(C)C(C(C)C)C1CCNCC1. The fourth-order valence-corrected chi connectivity index (χ4v) is 3.09. The average molecular weight is 183 g/mol. The van der Waals surface area contributed by atoms with Gasteiger partial charge in [0.05, 0.1) is 0 Å². The summed E-state index contributed by atoms with van der Waals surface area (Å²) >= 11 is 0. The quantitative estimate of drug-likeness (QED) is 0.709. The molecule has 78 valence electrons. The van der Waals surface area contributed by atoms with E-state index in [4.69, 9.17) is 0 Å². The van der Waals surface area contributed by atoms with Gasteiger partial charge in [0.2, 0.25) is 0 Å². The van der Waals surface area contributed by atoms with E-state index in [1.807, 2.05) is 0 Å². The van der Waals surface area contributed by atoms with Gasteiger partial charge in [-0.2, -0.15) is 0 Å². The second-order valence-corrected chi connectivity index (χ2v) is 5.15. The number of hydrogen-bond donors (Lipinski definition) is 1. The van der Waals surface area contributed by atoms with Crippen molar-refractivity contribution in [3.63, 3.8) is 0 Å². The monoisotopic (exact) mass is 183 g/mol. The highest BCUT2D eigenvalue weighted by Gasteiger charge is 2.27. The van der Waals surface area contributed by atoms with E-state index in [1.54, 1.807) is 0 Å². The van der Waals surface area contributed by atoms with E-state index >= 15 is 0 Å². The minimum absolute atomic E-state index is 0.850. The maximum atomic E-state index is 3.45. The first-order chi connectivity index (χ1) is 6.13. The Morgan fingerprint density at radius 1 is 0.923 bits per heavy atom. The van der Waals surface area contributed by atoms with E-state index in [2.05, 4.69) is 33.0 Å². The van der Waals surface area contributed by atoms with Crippen molar-refractivity contribution in [3.8, 4) is 0 Å². The molecule has 0 saturated carbocycles. The molecule has 0 aliphatic carbocycles. The first kappa shape index (κ1) is 11.0. The van der Waals surface area contributed by atoms with Gasteiger partial charge in [0.1, 0.15) is 0 Å². The molecule has 0 aromatic heterocycles. The van der Waals surface area contributed by atoms with Crippen LogP contribution in [-0.4, -0.2) is 13.1 Å². The van der Waals surface area contributed by atoms with Crippen molar-refractivity contribution in [1.29, 1.82) is 0 Å². The predicted molar refractivity (Wildman–Crippen MR) is 58.8 cm³/mol. The van der Waals surface area contributed by atoms with Crippen LogP contribution in [0, 0.1) is 23.7 Å². The van der Waals surface area contributed by atoms with Gasteiger partial charge in [-0.25, -0.2) is 0 Å². The van der Waals surface area contributed by atoms with Crippen molar-refractivity contribution in [2.24, 2.45) is 23.7 Å². The Labute approximate surface area is 83.3 Å². The summed E-state index contributed by atoms with van der Waals surface area (Å²) in [4.78, 5) is 0. The normalized spacial score (nSPS) is 20.5. The van der Waals surface area contributed by atoms with Gasteiger partial charge in [0, 0.05) is 0 Å². The number of piperidine rings is 1. The first-order valence-corrected chi connectivity index (χ1v) is 5.83. The third kappa shape index (κ3) is 2.98. The van der Waals surface area contributed by atoms with Crippen LogP contribution in [-0.2, 0) is 0 Å². The van der Waals surface area contributed by atoms with Crippen molar-refractivity contribution in [2.75, 3.05) is 13.1 Å². The molecule has 0 aromatic rings. The van der Waals surface area contributed by atoms with E-state index in [0.29, 0.717) is 0 Å². The van der Waals surface area contributed by atoms with Crippen molar-refractivity contribution in [3.05, 3.63) is 0 Å². The van der Waals surface area contributed by atoms with Crippen LogP contribution in [0.4, 0.5) is 0 Å². The largest absolute Gasteiger partial charge is 0.317 e. The molecule has 1 heteroatoms. The number of rotatable bonds is 3. The molecular formula is C12H25N. The molecule has 1 aliphatic rings. The van der Waals surface area contributed by atoms with Gasteiger partial charge in [0.25, 0.3) is 0 Å². The molecule has 0 radical (unpaired) electrons. The lowest BCUT2D eigenvalue weighted by Crippen LogP contribution is -2.35. The highest BCUT2D eigenvalue weighted by molar-refractivity contribution is 4.79. The van der Waals surface area contributed by atoms with E-state index in [-0.39, 0.29) is 0 Å². The zero-order valence-corrected chi connectivity index (χ0v) is 9.64. The van der Waals surface area contributed by atoms with Crippen LogP contribution in [0.2, 0.25) is 0 Å². The Bertz CT molecular complexity index is 126. The molecule has 1 rings (SSSR count). The summed E-state index contributed by atoms with van der Waals surface area (Å²) in [6.45, 7) is 12.0. The predicted octanol–water partition coefficient (Wildman–Crippen LogP) is 2.91. The van der Waals surface area contributed by atoms with Gasteiger partial charge in [-0.3, -0.25) is 0 Å². The average Bonchev–Trinajstić information content (AvgIpc) is 2.04. The van der Waals surface area contributed by atoms with Crippen molar-refractivity contribution in [2.45, 2.75) is 40.5 Å². The third-order valence-electron chi connectivity index (χ3n) is 3.47. The van der Waals surface area contributed by atoms with E-state index in [0.717, 1.165) is 23.7 Å². The van der Waals surface area contributed by atoms with Crippen LogP contribution in [0.1, 0.15) is 40.5 Å². The molecule has 0 aromatic carbocycles. The minimum atomic E-state index is 0.850. The van der Waals surface area contributed by atoms with Crippen molar-refractivity contribution >= 4 is 0 Å². The molecule has 1 aliphatic heterocycles. The van der Waals surface area contributed by atoms with Gasteiger partial charge in [0.15, 0.2) is 0 Å². The molecular weight excluding hydrogens is 158 g/mol. The summed E-state index contributed by atoms with van der Waals surface area (Å²) in [5.74, 6) is 3.61. The van der Waals surface area contributed by atoms with Gasteiger partial charge in [-0.1, -0.05) is 27.7 Å². The second kappa shape index (κ2) is 4.99. The Kier molecular flexibility index (Phi) is 4.24. The summed E-state index contributed by atoms with van der Waals surface area (Å²) < 4.78 is 0. The number of nitrogens with one attached hydrogen (secondary N) is 1. The Hall–Kier alpha value is -0.0400. The van der Waals surface area contributed by atoms with Gasteiger partial charge in [-0.15, -0.1) is 0 Å². The lowest BCUT2D eigenvalue weighted by atomic mass is 9.72. The molecule has 0 atom stereocenters. The van der Waals surface area contributed by atoms with Crippen LogP contribution in [0.25, 0.3) is 0 Å². The van der Waals surface area contributed by atoms with Crippen molar-refractivity contribution in [1.82, 2.24) is 5.32 Å². The van der Waals surface area contributed by atoms with Crippen LogP contribution >= 0.6 is 0 Å². The highest BCUT2D eigenvalue weighted by Crippen LogP contribution is 2.33. The summed E-state index contributed by atoms with van der Waals surface area (Å²) in [7, 11) is 0. The second-order valence-electron chi connectivity index (χ2n) is 5.15. The molecule has 0 amide bonds. The summed E-state index contributed by atoms with van der Waals surface area (Å²) in [6.07, 6.45) is 2.78. The fraction of sp³-hybridized carbons (Fsp3) is 1.00. The summed E-state index contributed by atoms with van der Waals surface area (Å²) in [5, 5.41) is 3.45. The lowest BCUT2D eigenvalue weighted by Gasteiger charge is -2.36. The molecule has 0 spiro atoms. The Morgan fingerprint density at radius 2 is 1.38 bits per heavy atom. The molecule has 13 heavy (non-hydrogen) atoms. The van der Waals surface area contributed by atoms with Gasteiger partial charge in [-0.05, 0) is 49.6 Å². The van der Waals surface area contributed by atoms with Gasteiger partial charge < -0.3 is 5.32 Å². The molecule has 1 N–H and O–H groups in total. The maximum Gasteiger partial charge on any atom is -0.00462 e. The van der Waals surface area contributed by atoms with Crippen LogP contribution < -0.4 is 5.32 Å². The van der Waals surface area contributed by atoms with E-state index in [9.17, 15) is 0 Å². The molecule has 1 heterocycles. The fourth-order valence-electron chi connectivity index (χ4n) is 3.09. The topological polar surface area (TPSA) is 12.0 Å². The van der Waals surface area contributed by atoms with Gasteiger partial charge >= 0.3 is 0 Å². The van der Waals surface area contributed by atoms with Crippen LogP contribution in [0.15, 0.2) is 0 Å². The Morgan fingerprint density at radius 3 is 1.77 bits per heavy atom. The van der Waals surface area contributed by atoms with E-state index < -0.39 is 0 Å². The molecule has 1 saturated heterocycles. The van der Waals surface area contributed by atoms with Crippen LogP contribution in [0.5, 0.6) is 0 Å². The minimum Gasteiger partial charge on any atom is -0.317 e. The molecule has 1 fully saturated rings. The Balaban J connectivity index is 2.52. The van der Waals surface area contributed by atoms with E-state index in [1.165, 1.54) is 25.9 Å². The zero-order chi connectivity index (χ0) is 9.84. The lowest BCUT2D eigenvalue weighted by molar-refractivity contribution is 0.152. The highest BCUT2D eigenvalue weighted by atomic mass is 14.9. The molecule has 0 unspecified atom stereocenters. The summed E-state index contributed by atoms with van der Waals surface area (Å²) in [5.41, 5.74) is 0. The molecule has 1 nitrogen and oxygen atoms in total. The van der Waals surface area contributed by atoms with Crippen LogP contribution in [0.3, 0.4) is 0 Å². The standard InChI is InChI=1S/C12H25N/c1-9(2)12(10(3)4)11-5-7-13-8-6-11/h9-13H,5-8H2,1-4H3. The zero-order valence-electron chi connectivity index (χ0n) is 9.64. The maximum absolute atomic E-state index is 3.45. The van der Waals surface area contributed by atoms with Crippen molar-refractivity contribution < 1.29 is 0 Å². The summed E-state index contributed by atoms with van der Waals surface area (Å²) in [6, 6.07) is 0. The first-order valence-electron chi connectivity index (χ1n) is 5.83. The number of hydrogen-bond acceptors (Lipinski definition) is 1.